The van der Waals surface area contributed by atoms with Gasteiger partial charge in [-0.3, -0.25) is 0 Å². The zero-order valence-electron chi connectivity index (χ0n) is 11.7. The van der Waals surface area contributed by atoms with Gasteiger partial charge in [0.25, 0.3) is 0 Å². The number of nitrogens with zero attached hydrogens (tertiary/aromatic N) is 1. The van der Waals surface area contributed by atoms with E-state index >= 15 is 0 Å². The van der Waals surface area contributed by atoms with Crippen LogP contribution in [0.2, 0.25) is 0 Å². The van der Waals surface area contributed by atoms with Gasteiger partial charge in [-0.1, -0.05) is 23.8 Å². The first kappa shape index (κ1) is 13.9. The molecule has 4 nitrogen and oxygen atoms in total. The largest absolute Gasteiger partial charge is 0.445 e. The number of carbonyl (C=O) groups is 1. The van der Waals surface area contributed by atoms with Crippen molar-refractivity contribution in [2.45, 2.75) is 39.3 Å². The molecule has 2 rings (SSSR count). The van der Waals surface area contributed by atoms with Gasteiger partial charge < -0.3 is 15.4 Å². The standard InChI is InChI=1S/C15H22N2O2/c1-11-3-4-12(2)13(9-11)10-19-15(18)17-7-5-14(16)6-8-17/h3-4,9,14H,5-8,10,16H2,1-2H3. The molecule has 0 atom stereocenters. The van der Waals surface area contributed by atoms with E-state index < -0.39 is 0 Å². The number of nitrogens with two attached hydrogens (primary N) is 1. The van der Waals surface area contributed by atoms with Gasteiger partial charge in [0.05, 0.1) is 0 Å². The van der Waals surface area contributed by atoms with Crippen molar-refractivity contribution in [3.8, 4) is 0 Å². The molecule has 0 aliphatic carbocycles. The van der Waals surface area contributed by atoms with Gasteiger partial charge in [0, 0.05) is 19.1 Å². The zero-order valence-corrected chi connectivity index (χ0v) is 11.7. The lowest BCUT2D eigenvalue weighted by molar-refractivity contribution is 0.0872. The Morgan fingerprint density at radius 2 is 2.05 bits per heavy atom. The van der Waals surface area contributed by atoms with Crippen molar-refractivity contribution in [2.75, 3.05) is 13.1 Å². The molecule has 1 saturated heterocycles. The maximum atomic E-state index is 11.9. The van der Waals surface area contributed by atoms with Gasteiger partial charge in [-0.05, 0) is 37.8 Å². The molecule has 0 radical (unpaired) electrons. The van der Waals surface area contributed by atoms with Crippen LogP contribution < -0.4 is 5.73 Å². The first-order valence-electron chi connectivity index (χ1n) is 6.79. The van der Waals surface area contributed by atoms with Gasteiger partial charge in [-0.25, -0.2) is 4.79 Å². The van der Waals surface area contributed by atoms with Crippen molar-refractivity contribution in [3.05, 3.63) is 34.9 Å². The van der Waals surface area contributed by atoms with Crippen LogP contribution in [0.25, 0.3) is 0 Å². The summed E-state index contributed by atoms with van der Waals surface area (Å²) in [6, 6.07) is 6.41. The Hall–Kier alpha value is -1.55. The summed E-state index contributed by atoms with van der Waals surface area (Å²) in [7, 11) is 0. The Kier molecular flexibility index (Phi) is 4.43. The molecule has 4 heteroatoms. The molecule has 1 aliphatic rings. The molecule has 104 valence electrons. The molecule has 1 fully saturated rings. The second-order valence-corrected chi connectivity index (χ2v) is 5.31. The van der Waals surface area contributed by atoms with E-state index in [1.54, 1.807) is 4.90 Å². The number of likely N-dealkylation sites (tertiary alicyclic amines) is 1. The minimum atomic E-state index is -0.229. The number of hydrogen-bond donors (Lipinski definition) is 1. The minimum absolute atomic E-state index is 0.225. The van der Waals surface area contributed by atoms with Gasteiger partial charge >= 0.3 is 6.09 Å². The van der Waals surface area contributed by atoms with Crippen LogP contribution in [0.4, 0.5) is 4.79 Å². The lowest BCUT2D eigenvalue weighted by atomic mass is 10.1. The third-order valence-electron chi connectivity index (χ3n) is 3.65. The molecule has 0 spiro atoms. The predicted molar refractivity (Wildman–Crippen MR) is 74.9 cm³/mol. The first-order chi connectivity index (χ1) is 9.06. The van der Waals surface area contributed by atoms with E-state index in [1.165, 1.54) is 5.56 Å². The second-order valence-electron chi connectivity index (χ2n) is 5.31. The molecule has 1 aromatic carbocycles. The summed E-state index contributed by atoms with van der Waals surface area (Å²) >= 11 is 0. The fraction of sp³-hybridized carbons (Fsp3) is 0.533. The maximum Gasteiger partial charge on any atom is 0.410 e. The third-order valence-corrected chi connectivity index (χ3v) is 3.65. The van der Waals surface area contributed by atoms with Crippen LogP contribution in [0.15, 0.2) is 18.2 Å². The summed E-state index contributed by atoms with van der Waals surface area (Å²) in [6.45, 7) is 5.81. The van der Waals surface area contributed by atoms with Crippen molar-refractivity contribution in [1.82, 2.24) is 4.90 Å². The highest BCUT2D eigenvalue weighted by molar-refractivity contribution is 5.67. The molecule has 0 saturated carbocycles. The van der Waals surface area contributed by atoms with E-state index in [0.29, 0.717) is 19.7 Å². The van der Waals surface area contributed by atoms with E-state index in [1.807, 2.05) is 13.8 Å². The minimum Gasteiger partial charge on any atom is -0.445 e. The van der Waals surface area contributed by atoms with E-state index in [4.69, 9.17) is 10.5 Å². The molecular weight excluding hydrogens is 240 g/mol. The quantitative estimate of drug-likeness (QED) is 0.890. The summed E-state index contributed by atoms with van der Waals surface area (Å²) < 4.78 is 5.38. The lowest BCUT2D eigenvalue weighted by Crippen LogP contribution is -2.43. The maximum absolute atomic E-state index is 11.9. The number of aryl methyl sites for hydroxylation is 2. The van der Waals surface area contributed by atoms with Gasteiger partial charge in [0.15, 0.2) is 0 Å². The van der Waals surface area contributed by atoms with Crippen LogP contribution in [0, 0.1) is 13.8 Å². The third kappa shape index (κ3) is 3.70. The van der Waals surface area contributed by atoms with Crippen LogP contribution >= 0.6 is 0 Å². The molecule has 1 aliphatic heterocycles. The van der Waals surface area contributed by atoms with Crippen LogP contribution in [0.3, 0.4) is 0 Å². The average molecular weight is 262 g/mol. The van der Waals surface area contributed by atoms with E-state index in [9.17, 15) is 4.79 Å². The van der Waals surface area contributed by atoms with E-state index in [0.717, 1.165) is 24.0 Å². The monoisotopic (exact) mass is 262 g/mol. The van der Waals surface area contributed by atoms with Gasteiger partial charge in [-0.2, -0.15) is 0 Å². The SMILES string of the molecule is Cc1ccc(C)c(COC(=O)N2CCC(N)CC2)c1. The highest BCUT2D eigenvalue weighted by Gasteiger charge is 2.21. The van der Waals surface area contributed by atoms with Crippen LogP contribution in [-0.4, -0.2) is 30.1 Å². The Morgan fingerprint density at radius 3 is 2.74 bits per heavy atom. The lowest BCUT2D eigenvalue weighted by Gasteiger charge is -2.29. The topological polar surface area (TPSA) is 55.6 Å². The van der Waals surface area contributed by atoms with Gasteiger partial charge in [0.2, 0.25) is 0 Å². The molecule has 1 amide bonds. The number of benzene rings is 1. The number of ether oxygens (including phenoxy) is 1. The highest BCUT2D eigenvalue weighted by Crippen LogP contribution is 2.14. The zero-order chi connectivity index (χ0) is 13.8. The van der Waals surface area contributed by atoms with Crippen molar-refractivity contribution < 1.29 is 9.53 Å². The molecular formula is C15H22N2O2. The summed E-state index contributed by atoms with van der Waals surface area (Å²) in [5.41, 5.74) is 9.22. The average Bonchev–Trinajstić information content (AvgIpc) is 2.40. The van der Waals surface area contributed by atoms with Crippen molar-refractivity contribution >= 4 is 6.09 Å². The summed E-state index contributed by atoms with van der Waals surface area (Å²) in [5.74, 6) is 0. The van der Waals surface area contributed by atoms with E-state index in [-0.39, 0.29) is 12.1 Å². The molecule has 2 N–H and O–H groups in total. The Bertz CT molecular complexity index is 451. The van der Waals surface area contributed by atoms with Gasteiger partial charge in [-0.15, -0.1) is 0 Å². The molecule has 1 aromatic rings. The van der Waals surface area contributed by atoms with Crippen LogP contribution in [0.1, 0.15) is 29.5 Å². The highest BCUT2D eigenvalue weighted by atomic mass is 16.6. The number of amides is 1. The van der Waals surface area contributed by atoms with Crippen molar-refractivity contribution in [1.29, 1.82) is 0 Å². The molecule has 0 bridgehead atoms. The smallest absolute Gasteiger partial charge is 0.410 e. The number of hydrogen-bond acceptors (Lipinski definition) is 3. The summed E-state index contributed by atoms with van der Waals surface area (Å²) in [5, 5.41) is 0. The molecule has 0 aromatic heterocycles. The van der Waals surface area contributed by atoms with Gasteiger partial charge in [0.1, 0.15) is 6.61 Å². The molecule has 0 unspecified atom stereocenters. The number of rotatable bonds is 2. The second kappa shape index (κ2) is 6.06. The number of piperidine rings is 1. The number of carbonyl (C=O) groups excluding carboxylic acids is 1. The van der Waals surface area contributed by atoms with Crippen LogP contribution in [-0.2, 0) is 11.3 Å². The summed E-state index contributed by atoms with van der Waals surface area (Å²) in [6.07, 6.45) is 1.49. The summed E-state index contributed by atoms with van der Waals surface area (Å²) in [4.78, 5) is 13.7. The van der Waals surface area contributed by atoms with E-state index in [2.05, 4.69) is 18.2 Å². The van der Waals surface area contributed by atoms with Crippen molar-refractivity contribution in [3.63, 3.8) is 0 Å². The normalized spacial score (nSPS) is 16.5. The Balaban J connectivity index is 1.88. The fourth-order valence-corrected chi connectivity index (χ4v) is 2.27. The molecule has 19 heavy (non-hydrogen) atoms. The first-order valence-corrected chi connectivity index (χ1v) is 6.79. The van der Waals surface area contributed by atoms with Crippen LogP contribution in [0.5, 0.6) is 0 Å². The predicted octanol–water partition coefficient (Wildman–Crippen LogP) is 2.36. The Morgan fingerprint density at radius 1 is 1.37 bits per heavy atom. The fourth-order valence-electron chi connectivity index (χ4n) is 2.27. The Labute approximate surface area is 114 Å². The van der Waals surface area contributed by atoms with Crippen molar-refractivity contribution in [2.24, 2.45) is 5.73 Å². The molecule has 1 heterocycles.